The second-order valence-corrected chi connectivity index (χ2v) is 9.16. The van der Waals surface area contributed by atoms with Gasteiger partial charge in [0.25, 0.3) is 0 Å². The first-order chi connectivity index (χ1) is 14.8. The minimum absolute atomic E-state index is 0.0299. The molecule has 0 saturated carbocycles. The van der Waals surface area contributed by atoms with Crippen LogP contribution in [0.1, 0.15) is 45.1 Å². The number of benzene rings is 1. The molecular formula is C24H36N4O3. The van der Waals surface area contributed by atoms with E-state index in [2.05, 4.69) is 25.8 Å². The van der Waals surface area contributed by atoms with Crippen molar-refractivity contribution in [3.63, 3.8) is 0 Å². The lowest BCUT2D eigenvalue weighted by atomic mass is 10.1. The van der Waals surface area contributed by atoms with E-state index in [1.807, 2.05) is 34.1 Å². The number of rotatable bonds is 4. The smallest absolute Gasteiger partial charge is 0.242 e. The Balaban J connectivity index is 1.86. The molecule has 1 aromatic rings. The quantitative estimate of drug-likeness (QED) is 0.739. The maximum absolute atomic E-state index is 13.2. The highest BCUT2D eigenvalue weighted by Crippen LogP contribution is 2.25. The summed E-state index contributed by atoms with van der Waals surface area (Å²) in [6.45, 7) is 8.26. The second-order valence-electron chi connectivity index (χ2n) is 9.16. The molecular weight excluding hydrogens is 392 g/mol. The van der Waals surface area contributed by atoms with E-state index < -0.39 is 0 Å². The first-order valence-corrected chi connectivity index (χ1v) is 11.5. The van der Waals surface area contributed by atoms with E-state index in [1.54, 1.807) is 4.90 Å². The number of hydrogen-bond donors (Lipinski definition) is 0. The van der Waals surface area contributed by atoms with E-state index >= 15 is 0 Å². The third-order valence-electron chi connectivity index (χ3n) is 6.05. The van der Waals surface area contributed by atoms with Crippen molar-refractivity contribution in [1.82, 2.24) is 14.7 Å². The molecule has 7 nitrogen and oxygen atoms in total. The summed E-state index contributed by atoms with van der Waals surface area (Å²) in [5, 5.41) is 0. The predicted octanol–water partition coefficient (Wildman–Crippen LogP) is 2.35. The lowest BCUT2D eigenvalue weighted by molar-refractivity contribution is -0.138. The predicted molar refractivity (Wildman–Crippen MR) is 122 cm³/mol. The van der Waals surface area contributed by atoms with Crippen LogP contribution in [0.5, 0.6) is 0 Å². The van der Waals surface area contributed by atoms with Crippen LogP contribution >= 0.6 is 0 Å². The van der Waals surface area contributed by atoms with Crippen molar-refractivity contribution in [3.8, 4) is 0 Å². The standard InChI is InChI=1S/C24H36N4O3/c1-19(2)16-23(30)28-13-7-11-25(3)14-15-27(17-20-8-4-5-9-21(20)28)24(31)18-26-12-6-10-22(26)29/h4-5,8-9,19H,6-7,10-18H2,1-3H3. The summed E-state index contributed by atoms with van der Waals surface area (Å²) in [6, 6.07) is 7.91. The number of carbonyl (C=O) groups is 3. The topological polar surface area (TPSA) is 64.2 Å². The number of anilines is 1. The van der Waals surface area contributed by atoms with Crippen molar-refractivity contribution in [2.24, 2.45) is 5.92 Å². The van der Waals surface area contributed by atoms with E-state index in [0.29, 0.717) is 39.0 Å². The van der Waals surface area contributed by atoms with Crippen molar-refractivity contribution in [2.75, 3.05) is 51.2 Å². The molecule has 0 atom stereocenters. The van der Waals surface area contributed by atoms with Crippen LogP contribution < -0.4 is 4.90 Å². The molecule has 7 heteroatoms. The van der Waals surface area contributed by atoms with Gasteiger partial charge in [0.2, 0.25) is 17.7 Å². The Bertz CT molecular complexity index is 795. The second kappa shape index (κ2) is 10.8. The summed E-state index contributed by atoms with van der Waals surface area (Å²) < 4.78 is 0. The fourth-order valence-corrected chi connectivity index (χ4v) is 4.28. The molecule has 0 aromatic heterocycles. The lowest BCUT2D eigenvalue weighted by Gasteiger charge is -2.29. The zero-order chi connectivity index (χ0) is 22.4. The van der Waals surface area contributed by atoms with Crippen LogP contribution in [0.3, 0.4) is 0 Å². The highest BCUT2D eigenvalue weighted by molar-refractivity contribution is 5.94. The summed E-state index contributed by atoms with van der Waals surface area (Å²) in [5.74, 6) is 0.452. The van der Waals surface area contributed by atoms with Gasteiger partial charge in [0.1, 0.15) is 0 Å². The lowest BCUT2D eigenvalue weighted by Crippen LogP contribution is -2.43. The van der Waals surface area contributed by atoms with Gasteiger partial charge in [0, 0.05) is 51.3 Å². The Hall–Kier alpha value is -2.41. The molecule has 0 aliphatic carbocycles. The number of amides is 3. The first-order valence-electron chi connectivity index (χ1n) is 11.5. The number of fused-ring (bicyclic) bond motifs is 1. The number of para-hydroxylation sites is 1. The molecule has 170 valence electrons. The Kier molecular flexibility index (Phi) is 8.07. The summed E-state index contributed by atoms with van der Waals surface area (Å²) >= 11 is 0. The zero-order valence-electron chi connectivity index (χ0n) is 19.2. The normalized spacial score (nSPS) is 18.8. The fourth-order valence-electron chi connectivity index (χ4n) is 4.28. The van der Waals surface area contributed by atoms with Crippen molar-refractivity contribution in [1.29, 1.82) is 0 Å². The van der Waals surface area contributed by atoms with Crippen LogP contribution in [0.15, 0.2) is 24.3 Å². The van der Waals surface area contributed by atoms with Gasteiger partial charge in [-0.25, -0.2) is 0 Å². The maximum atomic E-state index is 13.2. The Labute approximate surface area is 186 Å². The SMILES string of the molecule is CC(C)CC(=O)N1CCCN(C)CCN(C(=O)CN2CCCC2=O)Cc2ccccc21. The number of likely N-dealkylation sites (tertiary alicyclic amines) is 1. The average molecular weight is 429 g/mol. The Morgan fingerprint density at radius 3 is 2.45 bits per heavy atom. The molecule has 0 radical (unpaired) electrons. The molecule has 31 heavy (non-hydrogen) atoms. The number of hydrogen-bond acceptors (Lipinski definition) is 4. The average Bonchev–Trinajstić information content (AvgIpc) is 3.11. The van der Waals surface area contributed by atoms with Crippen molar-refractivity contribution in [3.05, 3.63) is 29.8 Å². The molecule has 3 rings (SSSR count). The van der Waals surface area contributed by atoms with Crippen LogP contribution in [-0.2, 0) is 20.9 Å². The zero-order valence-corrected chi connectivity index (χ0v) is 19.2. The van der Waals surface area contributed by atoms with Crippen LogP contribution in [0.25, 0.3) is 0 Å². The highest BCUT2D eigenvalue weighted by Gasteiger charge is 2.27. The third kappa shape index (κ3) is 6.29. The van der Waals surface area contributed by atoms with E-state index in [0.717, 1.165) is 37.2 Å². The van der Waals surface area contributed by atoms with Gasteiger partial charge in [-0.15, -0.1) is 0 Å². The minimum Gasteiger partial charge on any atom is -0.335 e. The van der Waals surface area contributed by atoms with E-state index in [4.69, 9.17) is 0 Å². The van der Waals surface area contributed by atoms with Crippen molar-refractivity contribution >= 4 is 23.4 Å². The molecule has 0 N–H and O–H groups in total. The largest absolute Gasteiger partial charge is 0.335 e. The molecule has 0 spiro atoms. The van der Waals surface area contributed by atoms with Gasteiger partial charge in [-0.3, -0.25) is 14.4 Å². The van der Waals surface area contributed by atoms with Crippen LogP contribution in [0.4, 0.5) is 5.69 Å². The molecule has 1 aromatic carbocycles. The van der Waals surface area contributed by atoms with Gasteiger partial charge < -0.3 is 19.6 Å². The molecule has 2 heterocycles. The Morgan fingerprint density at radius 1 is 0.968 bits per heavy atom. The fraction of sp³-hybridized carbons (Fsp3) is 0.625. The number of likely N-dealkylation sites (N-methyl/N-ethyl adjacent to an activating group) is 1. The molecule has 2 aliphatic rings. The van der Waals surface area contributed by atoms with Gasteiger partial charge in [0.15, 0.2) is 0 Å². The molecule has 0 bridgehead atoms. The molecule has 1 fully saturated rings. The number of nitrogens with zero attached hydrogens (tertiary/aromatic N) is 4. The summed E-state index contributed by atoms with van der Waals surface area (Å²) in [7, 11) is 2.05. The molecule has 3 amide bonds. The first kappa shape index (κ1) is 23.3. The Morgan fingerprint density at radius 2 is 1.74 bits per heavy atom. The monoisotopic (exact) mass is 428 g/mol. The van der Waals surface area contributed by atoms with Gasteiger partial charge in [0.05, 0.1) is 6.54 Å². The van der Waals surface area contributed by atoms with E-state index in [-0.39, 0.29) is 30.2 Å². The van der Waals surface area contributed by atoms with Crippen LogP contribution in [-0.4, -0.2) is 78.7 Å². The van der Waals surface area contributed by atoms with E-state index in [9.17, 15) is 14.4 Å². The number of carbonyl (C=O) groups excluding carboxylic acids is 3. The van der Waals surface area contributed by atoms with Crippen LogP contribution in [0, 0.1) is 5.92 Å². The maximum Gasteiger partial charge on any atom is 0.242 e. The van der Waals surface area contributed by atoms with Crippen LogP contribution in [0.2, 0.25) is 0 Å². The molecule has 1 saturated heterocycles. The summed E-state index contributed by atoms with van der Waals surface area (Å²) in [6.07, 6.45) is 2.74. The van der Waals surface area contributed by atoms with Gasteiger partial charge in [-0.1, -0.05) is 32.0 Å². The molecule has 2 aliphatic heterocycles. The minimum atomic E-state index is -0.0299. The third-order valence-corrected chi connectivity index (χ3v) is 6.05. The van der Waals surface area contributed by atoms with Crippen molar-refractivity contribution in [2.45, 2.75) is 46.1 Å². The summed E-state index contributed by atoms with van der Waals surface area (Å²) in [4.78, 5) is 45.9. The van der Waals surface area contributed by atoms with Gasteiger partial charge in [-0.2, -0.15) is 0 Å². The summed E-state index contributed by atoms with van der Waals surface area (Å²) in [5.41, 5.74) is 1.87. The van der Waals surface area contributed by atoms with Crippen molar-refractivity contribution < 1.29 is 14.4 Å². The highest BCUT2D eigenvalue weighted by atomic mass is 16.2. The molecule has 0 unspecified atom stereocenters. The van der Waals surface area contributed by atoms with Gasteiger partial charge in [-0.05, 0) is 44.0 Å². The van der Waals surface area contributed by atoms with E-state index in [1.165, 1.54) is 0 Å². The van der Waals surface area contributed by atoms with Gasteiger partial charge >= 0.3 is 0 Å².